The number of nitrogens with one attached hydrogen (secondary N) is 1. The van der Waals surface area contributed by atoms with Gasteiger partial charge in [0.05, 0.1) is 15.6 Å². The second kappa shape index (κ2) is 6.53. The second-order valence-electron chi connectivity index (χ2n) is 4.07. The number of halogens is 3. The highest BCUT2D eigenvalue weighted by atomic mass is 79.9. The lowest BCUT2D eigenvalue weighted by Crippen LogP contribution is -2.15. The van der Waals surface area contributed by atoms with Crippen LogP contribution >= 0.6 is 43.5 Å². The maximum absolute atomic E-state index is 12.4. The Balaban J connectivity index is 2.52. The van der Waals surface area contributed by atoms with Gasteiger partial charge in [0.1, 0.15) is 0 Å². The van der Waals surface area contributed by atoms with Crippen molar-refractivity contribution < 1.29 is 13.3 Å². The molecule has 0 heterocycles. The molecule has 0 fully saturated rings. The Kier molecular flexibility index (Phi) is 5.10. The average molecular weight is 471 g/mol. The van der Waals surface area contributed by atoms with Gasteiger partial charge in [0.25, 0.3) is 15.7 Å². The van der Waals surface area contributed by atoms with Crippen LogP contribution in [0.4, 0.5) is 11.4 Å². The molecule has 0 spiro atoms. The van der Waals surface area contributed by atoms with E-state index in [1.165, 1.54) is 18.2 Å². The molecule has 10 heteroatoms. The van der Waals surface area contributed by atoms with Crippen molar-refractivity contribution in [2.24, 2.45) is 0 Å². The Hall–Kier alpha value is -1.16. The van der Waals surface area contributed by atoms with E-state index in [2.05, 4.69) is 36.6 Å². The van der Waals surface area contributed by atoms with Crippen LogP contribution in [0.2, 0.25) is 5.02 Å². The van der Waals surface area contributed by atoms with E-state index in [1.54, 1.807) is 6.07 Å². The van der Waals surface area contributed by atoms with Gasteiger partial charge in [0.15, 0.2) is 4.90 Å². The van der Waals surface area contributed by atoms with Crippen molar-refractivity contribution in [1.29, 1.82) is 0 Å². The monoisotopic (exact) mass is 468 g/mol. The minimum atomic E-state index is -4.17. The molecular formula is C12H7Br2ClN2O4S. The SMILES string of the molecule is O=[N+]([O-])c1ccccc1S(=O)(=O)Nc1c(Cl)cc(Br)cc1Br. The van der Waals surface area contributed by atoms with Crippen LogP contribution in [-0.2, 0) is 10.0 Å². The summed E-state index contributed by atoms with van der Waals surface area (Å²) in [7, 11) is -4.17. The van der Waals surface area contributed by atoms with E-state index in [0.29, 0.717) is 8.95 Å². The van der Waals surface area contributed by atoms with Crippen LogP contribution in [0.3, 0.4) is 0 Å². The normalized spacial score (nSPS) is 11.2. The summed E-state index contributed by atoms with van der Waals surface area (Å²) in [5.74, 6) is 0. The lowest BCUT2D eigenvalue weighted by molar-refractivity contribution is -0.387. The molecule has 2 aromatic rings. The van der Waals surface area contributed by atoms with Gasteiger partial charge in [-0.3, -0.25) is 14.8 Å². The zero-order valence-electron chi connectivity index (χ0n) is 10.6. The fourth-order valence-corrected chi connectivity index (χ4v) is 4.96. The van der Waals surface area contributed by atoms with Gasteiger partial charge in [-0.25, -0.2) is 8.42 Å². The molecule has 116 valence electrons. The summed E-state index contributed by atoms with van der Waals surface area (Å²) in [6.07, 6.45) is 0. The number of nitro benzene ring substituents is 1. The molecule has 2 aromatic carbocycles. The van der Waals surface area contributed by atoms with Crippen LogP contribution in [0.15, 0.2) is 50.2 Å². The maximum atomic E-state index is 12.4. The highest BCUT2D eigenvalue weighted by molar-refractivity contribution is 9.11. The number of nitrogens with zero attached hydrogens (tertiary/aromatic N) is 1. The molecule has 0 radical (unpaired) electrons. The van der Waals surface area contributed by atoms with E-state index in [0.717, 1.165) is 12.1 Å². The van der Waals surface area contributed by atoms with Crippen molar-refractivity contribution in [3.63, 3.8) is 0 Å². The lowest BCUT2D eigenvalue weighted by atomic mass is 10.3. The summed E-state index contributed by atoms with van der Waals surface area (Å²) in [5, 5.41) is 11.1. The number of rotatable bonds is 4. The summed E-state index contributed by atoms with van der Waals surface area (Å²) < 4.78 is 28.1. The molecule has 0 aliphatic heterocycles. The Labute approximate surface area is 147 Å². The third kappa shape index (κ3) is 3.60. The summed E-state index contributed by atoms with van der Waals surface area (Å²) in [5.41, 5.74) is -0.414. The van der Waals surface area contributed by atoms with Crippen molar-refractivity contribution in [2.75, 3.05) is 4.72 Å². The minimum Gasteiger partial charge on any atom is -0.277 e. The van der Waals surface area contributed by atoms with Crippen molar-refractivity contribution >= 4 is 64.9 Å². The van der Waals surface area contributed by atoms with Gasteiger partial charge in [-0.2, -0.15) is 0 Å². The number of benzene rings is 2. The van der Waals surface area contributed by atoms with Crippen LogP contribution < -0.4 is 4.72 Å². The molecule has 2 rings (SSSR count). The van der Waals surface area contributed by atoms with E-state index < -0.39 is 25.5 Å². The van der Waals surface area contributed by atoms with E-state index in [-0.39, 0.29) is 10.7 Å². The Bertz CT molecular complexity index is 835. The minimum absolute atomic E-state index is 0.100. The number of anilines is 1. The molecule has 0 bridgehead atoms. The molecule has 6 nitrogen and oxygen atoms in total. The first-order chi connectivity index (χ1) is 10.2. The molecule has 0 unspecified atom stereocenters. The quantitative estimate of drug-likeness (QED) is 0.524. The van der Waals surface area contributed by atoms with Gasteiger partial charge < -0.3 is 0 Å². The smallest absolute Gasteiger partial charge is 0.277 e. The van der Waals surface area contributed by atoms with Crippen molar-refractivity contribution in [1.82, 2.24) is 0 Å². The number of para-hydroxylation sites is 1. The molecule has 0 aliphatic carbocycles. The highest BCUT2D eigenvalue weighted by Gasteiger charge is 2.26. The Morgan fingerprint density at radius 1 is 1.18 bits per heavy atom. The Morgan fingerprint density at radius 2 is 1.82 bits per heavy atom. The van der Waals surface area contributed by atoms with Crippen LogP contribution in [0.25, 0.3) is 0 Å². The van der Waals surface area contributed by atoms with Crippen molar-refractivity contribution in [3.8, 4) is 0 Å². The first-order valence-electron chi connectivity index (χ1n) is 5.63. The first kappa shape index (κ1) is 17.2. The van der Waals surface area contributed by atoms with Crippen molar-refractivity contribution in [2.45, 2.75) is 4.90 Å². The average Bonchev–Trinajstić information content (AvgIpc) is 2.43. The number of hydrogen-bond donors (Lipinski definition) is 1. The van der Waals surface area contributed by atoms with E-state index in [4.69, 9.17) is 11.6 Å². The summed E-state index contributed by atoms with van der Waals surface area (Å²) in [6.45, 7) is 0. The topological polar surface area (TPSA) is 89.3 Å². The van der Waals surface area contributed by atoms with Gasteiger partial charge in [-0.05, 0) is 34.1 Å². The maximum Gasteiger partial charge on any atom is 0.289 e. The molecule has 0 atom stereocenters. The molecule has 0 aliphatic rings. The highest BCUT2D eigenvalue weighted by Crippen LogP contribution is 2.36. The van der Waals surface area contributed by atoms with E-state index in [9.17, 15) is 18.5 Å². The molecule has 22 heavy (non-hydrogen) atoms. The molecule has 1 N–H and O–H groups in total. The zero-order valence-corrected chi connectivity index (χ0v) is 15.3. The third-order valence-corrected chi connectivity index (χ3v) is 5.37. The Morgan fingerprint density at radius 3 is 2.41 bits per heavy atom. The molecule has 0 saturated carbocycles. The second-order valence-corrected chi connectivity index (χ2v) is 7.90. The van der Waals surface area contributed by atoms with Gasteiger partial charge in [0.2, 0.25) is 0 Å². The first-order valence-corrected chi connectivity index (χ1v) is 9.08. The molecular weight excluding hydrogens is 463 g/mol. The summed E-state index contributed by atoms with van der Waals surface area (Å²) >= 11 is 12.4. The van der Waals surface area contributed by atoms with Crippen molar-refractivity contribution in [3.05, 3.63) is 60.5 Å². The van der Waals surface area contributed by atoms with Crippen LogP contribution in [-0.4, -0.2) is 13.3 Å². The predicted octanol–water partition coefficient (Wildman–Crippen LogP) is 4.57. The zero-order chi connectivity index (χ0) is 16.5. The summed E-state index contributed by atoms with van der Waals surface area (Å²) in [4.78, 5) is 9.78. The predicted molar refractivity (Wildman–Crippen MR) is 90.8 cm³/mol. The van der Waals surface area contributed by atoms with Crippen LogP contribution in [0, 0.1) is 10.1 Å². The van der Waals surface area contributed by atoms with E-state index in [1.807, 2.05) is 0 Å². The number of nitro groups is 1. The third-order valence-electron chi connectivity index (χ3n) is 2.59. The van der Waals surface area contributed by atoms with Gasteiger partial charge in [-0.15, -0.1) is 0 Å². The lowest BCUT2D eigenvalue weighted by Gasteiger charge is -2.12. The van der Waals surface area contributed by atoms with Gasteiger partial charge >= 0.3 is 0 Å². The van der Waals surface area contributed by atoms with Crippen LogP contribution in [0.5, 0.6) is 0 Å². The van der Waals surface area contributed by atoms with Crippen LogP contribution in [0.1, 0.15) is 0 Å². The fourth-order valence-electron chi connectivity index (χ4n) is 1.66. The largest absolute Gasteiger partial charge is 0.289 e. The van der Waals surface area contributed by atoms with E-state index >= 15 is 0 Å². The van der Waals surface area contributed by atoms with Gasteiger partial charge in [-0.1, -0.05) is 39.7 Å². The fraction of sp³-hybridized carbons (Fsp3) is 0. The number of hydrogen-bond acceptors (Lipinski definition) is 4. The molecule has 0 aromatic heterocycles. The summed E-state index contributed by atoms with van der Waals surface area (Å²) in [6, 6.07) is 8.17. The number of sulfonamides is 1. The molecule has 0 saturated heterocycles. The van der Waals surface area contributed by atoms with Gasteiger partial charge in [0, 0.05) is 15.0 Å². The standard InChI is InChI=1S/C12H7Br2ClN2O4S/c13-7-5-8(14)12(9(15)6-7)16-22(20,21)11-4-2-1-3-10(11)17(18)19/h1-6,16H. The molecule has 0 amide bonds.